The van der Waals surface area contributed by atoms with Gasteiger partial charge in [-0.3, -0.25) is 10.1 Å². The first-order valence-electron chi connectivity index (χ1n) is 13.2. The van der Waals surface area contributed by atoms with Crippen LogP contribution in [0, 0.1) is 0 Å². The van der Waals surface area contributed by atoms with Crippen molar-refractivity contribution < 1.29 is 28.9 Å². The lowest BCUT2D eigenvalue weighted by molar-refractivity contribution is -0.0224. The predicted octanol–water partition coefficient (Wildman–Crippen LogP) is 3.31. The maximum Gasteiger partial charge on any atom is 0.347 e. The summed E-state index contributed by atoms with van der Waals surface area (Å²) >= 11 is 0. The third-order valence-electron chi connectivity index (χ3n) is 6.25. The summed E-state index contributed by atoms with van der Waals surface area (Å²) in [5.74, 6) is -0.199. The van der Waals surface area contributed by atoms with Crippen LogP contribution in [0.5, 0.6) is 0 Å². The van der Waals surface area contributed by atoms with E-state index >= 15 is 0 Å². The number of nitrogens with zero attached hydrogens (tertiary/aromatic N) is 6. The maximum atomic E-state index is 12.8. The van der Waals surface area contributed by atoms with Gasteiger partial charge in [0.15, 0.2) is 5.65 Å². The standard InChI is InChI=1S/C26H36N7O6P/c1-6-12-30-39-40(33(16(2)3)17(4)5)38-23-21(35)20(14-34)37-22(23)19-13-29-32-24(19)27-15-28-26(32)31-25(36)18-10-8-7-9-11-18/h7-13,15-17,20-23,34-35H,6,14H2,1-5H3,(H,27,28,31,36)/b30-12+. The first-order valence-corrected chi connectivity index (χ1v) is 14.3. The van der Waals surface area contributed by atoms with Gasteiger partial charge >= 0.3 is 8.53 Å². The highest BCUT2D eigenvalue weighted by molar-refractivity contribution is 7.44. The van der Waals surface area contributed by atoms with E-state index < -0.39 is 39.5 Å². The number of hydrogen-bond donors (Lipinski definition) is 3. The van der Waals surface area contributed by atoms with Crippen LogP contribution < -0.4 is 5.32 Å². The summed E-state index contributed by atoms with van der Waals surface area (Å²) in [5, 5.41) is 32.3. The molecule has 3 aromatic rings. The zero-order valence-corrected chi connectivity index (χ0v) is 24.0. The third-order valence-corrected chi connectivity index (χ3v) is 8.21. The van der Waals surface area contributed by atoms with Crippen molar-refractivity contribution in [3.8, 4) is 0 Å². The monoisotopic (exact) mass is 573 g/mol. The van der Waals surface area contributed by atoms with Gasteiger partial charge in [-0.1, -0.05) is 30.3 Å². The maximum absolute atomic E-state index is 12.8. The number of nitrogens with one attached hydrogen (secondary N) is 1. The van der Waals surface area contributed by atoms with Crippen molar-refractivity contribution in [1.82, 2.24) is 24.3 Å². The Hall–Kier alpha value is -3.06. The lowest BCUT2D eigenvalue weighted by Crippen LogP contribution is -2.38. The van der Waals surface area contributed by atoms with Crippen molar-refractivity contribution in [2.24, 2.45) is 5.16 Å². The molecule has 13 nitrogen and oxygen atoms in total. The molecule has 5 unspecified atom stereocenters. The molecule has 216 valence electrons. The van der Waals surface area contributed by atoms with Crippen LogP contribution in [0.2, 0.25) is 0 Å². The molecule has 0 aliphatic carbocycles. The summed E-state index contributed by atoms with van der Waals surface area (Å²) in [6.45, 7) is 9.61. The number of aromatic nitrogens is 4. The molecule has 1 saturated heterocycles. The van der Waals surface area contributed by atoms with Crippen LogP contribution in [0.15, 0.2) is 48.0 Å². The Morgan fingerprint density at radius 1 is 1.25 bits per heavy atom. The molecule has 0 bridgehead atoms. The molecule has 2 aromatic heterocycles. The van der Waals surface area contributed by atoms with Gasteiger partial charge in [0.25, 0.3) is 5.91 Å². The number of hydrogen-bond acceptors (Lipinski definition) is 11. The van der Waals surface area contributed by atoms with Crippen LogP contribution in [0.25, 0.3) is 5.65 Å². The molecule has 4 rings (SSSR count). The Morgan fingerprint density at radius 2 is 1.98 bits per heavy atom. The van der Waals surface area contributed by atoms with E-state index in [9.17, 15) is 15.0 Å². The van der Waals surface area contributed by atoms with Crippen molar-refractivity contribution >= 4 is 32.2 Å². The Bertz CT molecular complexity index is 1280. The van der Waals surface area contributed by atoms with Gasteiger partial charge in [0.2, 0.25) is 5.95 Å². The molecule has 1 fully saturated rings. The number of aliphatic hydroxyl groups excluding tert-OH is 2. The second kappa shape index (κ2) is 13.5. The van der Waals surface area contributed by atoms with Crippen molar-refractivity contribution in [2.75, 3.05) is 11.9 Å². The van der Waals surface area contributed by atoms with Crippen molar-refractivity contribution in [3.63, 3.8) is 0 Å². The molecule has 1 aliphatic rings. The summed E-state index contributed by atoms with van der Waals surface area (Å²) in [7, 11) is -1.77. The smallest absolute Gasteiger partial charge is 0.347 e. The minimum atomic E-state index is -1.77. The number of fused-ring (bicyclic) bond motifs is 1. The fourth-order valence-corrected chi connectivity index (χ4v) is 6.06. The average Bonchev–Trinajstić information content (AvgIpc) is 3.50. The quantitative estimate of drug-likeness (QED) is 0.167. The molecule has 0 saturated carbocycles. The molecule has 0 radical (unpaired) electrons. The van der Waals surface area contributed by atoms with Crippen LogP contribution in [0.4, 0.5) is 5.95 Å². The van der Waals surface area contributed by atoms with Gasteiger partial charge in [-0.15, -0.1) is 0 Å². The van der Waals surface area contributed by atoms with Crippen molar-refractivity contribution in [2.45, 2.75) is 77.5 Å². The van der Waals surface area contributed by atoms with E-state index in [4.69, 9.17) is 13.9 Å². The summed E-state index contributed by atoms with van der Waals surface area (Å²) in [5.41, 5.74) is 1.30. The van der Waals surface area contributed by atoms with Crippen molar-refractivity contribution in [1.29, 1.82) is 0 Å². The van der Waals surface area contributed by atoms with Crippen molar-refractivity contribution in [3.05, 3.63) is 54.0 Å². The highest BCUT2D eigenvalue weighted by Gasteiger charge is 2.49. The van der Waals surface area contributed by atoms with E-state index in [1.807, 2.05) is 45.4 Å². The number of carbonyl (C=O) groups excluding carboxylic acids is 1. The first kappa shape index (κ1) is 29.9. The molecule has 5 atom stereocenters. The fraction of sp³-hybridized carbons (Fsp3) is 0.500. The minimum absolute atomic E-state index is 0.0509. The Labute approximate surface area is 234 Å². The van der Waals surface area contributed by atoms with E-state index in [0.29, 0.717) is 23.2 Å². The average molecular weight is 574 g/mol. The number of anilines is 1. The van der Waals surface area contributed by atoms with Crippen LogP contribution in [-0.2, 0) is 13.9 Å². The van der Waals surface area contributed by atoms with Crippen LogP contribution in [-0.4, -0.2) is 83.6 Å². The van der Waals surface area contributed by atoms with Gasteiger partial charge in [-0.05, 0) is 46.2 Å². The normalized spacial score (nSPS) is 22.1. The number of rotatable bonds is 12. The van der Waals surface area contributed by atoms with Crippen LogP contribution >= 0.6 is 8.53 Å². The van der Waals surface area contributed by atoms with Gasteiger partial charge in [-0.25, -0.2) is 14.6 Å². The second-order valence-corrected chi connectivity index (χ2v) is 11.1. The molecule has 1 amide bonds. The Balaban J connectivity index is 1.67. The second-order valence-electron chi connectivity index (χ2n) is 9.77. The zero-order chi connectivity index (χ0) is 28.8. The summed E-state index contributed by atoms with van der Waals surface area (Å²) in [6.07, 6.45) is 1.27. The predicted molar refractivity (Wildman–Crippen MR) is 150 cm³/mol. The van der Waals surface area contributed by atoms with E-state index in [-0.39, 0.29) is 23.9 Å². The number of aliphatic hydroxyl groups is 2. The minimum Gasteiger partial charge on any atom is -0.394 e. The summed E-state index contributed by atoms with van der Waals surface area (Å²) < 4.78 is 21.8. The van der Waals surface area contributed by atoms with Gasteiger partial charge in [-0.2, -0.15) is 9.61 Å². The largest absolute Gasteiger partial charge is 0.394 e. The number of ether oxygens (including phenoxy) is 1. The molecule has 14 heteroatoms. The van der Waals surface area contributed by atoms with Gasteiger partial charge in [0.05, 0.1) is 12.8 Å². The highest BCUT2D eigenvalue weighted by Crippen LogP contribution is 2.51. The first-order chi connectivity index (χ1) is 19.3. The highest BCUT2D eigenvalue weighted by atomic mass is 31.2. The molecular weight excluding hydrogens is 537 g/mol. The molecular formula is C26H36N7O6P. The molecule has 1 aliphatic heterocycles. The van der Waals surface area contributed by atoms with E-state index in [1.165, 1.54) is 17.0 Å². The Kier molecular flexibility index (Phi) is 10.1. The molecule has 3 N–H and O–H groups in total. The Morgan fingerprint density at radius 3 is 2.62 bits per heavy atom. The molecule has 1 aromatic carbocycles. The third kappa shape index (κ3) is 6.46. The zero-order valence-electron chi connectivity index (χ0n) is 23.2. The number of carbonyl (C=O) groups is 1. The van der Waals surface area contributed by atoms with Gasteiger partial charge in [0.1, 0.15) is 30.7 Å². The number of oxime groups is 1. The van der Waals surface area contributed by atoms with Crippen LogP contribution in [0.1, 0.15) is 63.1 Å². The molecule has 0 spiro atoms. The van der Waals surface area contributed by atoms with E-state index in [0.717, 1.165) is 0 Å². The lowest BCUT2D eigenvalue weighted by atomic mass is 10.0. The SMILES string of the molecule is CC/C=N/OP(OC1C(c2cnn3c(NC(=O)c4ccccc4)ncnc23)OC(CO)C1O)N(C(C)C)C(C)C. The summed E-state index contributed by atoms with van der Waals surface area (Å²) in [6, 6.07) is 8.84. The molecule has 3 heterocycles. The van der Waals surface area contributed by atoms with Crippen LogP contribution in [0.3, 0.4) is 0 Å². The van der Waals surface area contributed by atoms with E-state index in [2.05, 4.69) is 25.5 Å². The summed E-state index contributed by atoms with van der Waals surface area (Å²) in [4.78, 5) is 21.3. The number of benzene rings is 1. The number of amides is 1. The van der Waals surface area contributed by atoms with Gasteiger partial charge < -0.3 is 24.1 Å². The fourth-order valence-electron chi connectivity index (χ4n) is 4.48. The van der Waals surface area contributed by atoms with E-state index in [1.54, 1.807) is 30.5 Å². The molecule has 40 heavy (non-hydrogen) atoms. The topological polar surface area (TPSA) is 156 Å². The van der Waals surface area contributed by atoms with Gasteiger partial charge in [0, 0.05) is 29.4 Å². The lowest BCUT2D eigenvalue weighted by Gasteiger charge is -2.35.